The molecule has 0 spiro atoms. The number of imide groups is 1. The molecular formula is C15H19NO3. The largest absolute Gasteiger partial charge is 0.387 e. The first-order valence-electron chi connectivity index (χ1n) is 6.49. The number of nitrogens with zero attached hydrogens (tertiary/aromatic N) is 1. The van der Waals surface area contributed by atoms with Crippen molar-refractivity contribution in [1.82, 2.24) is 4.90 Å². The number of carbonyl (C=O) groups excluding carboxylic acids is 2. The molecule has 4 heteroatoms. The summed E-state index contributed by atoms with van der Waals surface area (Å²) in [6, 6.07) is 5.80. The Balaban J connectivity index is 2.17. The maximum atomic E-state index is 11.8. The van der Waals surface area contributed by atoms with Gasteiger partial charge in [0.2, 0.25) is 11.8 Å². The summed E-state index contributed by atoms with van der Waals surface area (Å²) in [5, 5.41) is 10.3. The summed E-state index contributed by atoms with van der Waals surface area (Å²) < 4.78 is 0. The van der Waals surface area contributed by atoms with Crippen molar-refractivity contribution in [2.45, 2.75) is 33.3 Å². The van der Waals surface area contributed by atoms with Crippen LogP contribution in [-0.4, -0.2) is 28.4 Å². The minimum atomic E-state index is -0.821. The Hall–Kier alpha value is -1.68. The fraction of sp³-hybridized carbons (Fsp3) is 0.467. The van der Waals surface area contributed by atoms with Crippen LogP contribution in [0.1, 0.15) is 36.1 Å². The van der Waals surface area contributed by atoms with E-state index in [-0.39, 0.29) is 30.7 Å². The molecule has 0 radical (unpaired) electrons. The van der Waals surface area contributed by atoms with Crippen LogP contribution in [0.5, 0.6) is 0 Å². The number of hydrogen-bond donors (Lipinski definition) is 1. The van der Waals surface area contributed by atoms with E-state index < -0.39 is 6.10 Å². The summed E-state index contributed by atoms with van der Waals surface area (Å²) in [6.07, 6.45) is -0.573. The highest BCUT2D eigenvalue weighted by Gasteiger charge is 2.36. The van der Waals surface area contributed by atoms with Gasteiger partial charge in [-0.3, -0.25) is 14.5 Å². The highest BCUT2D eigenvalue weighted by Crippen LogP contribution is 2.24. The average molecular weight is 261 g/mol. The Labute approximate surface area is 113 Å². The minimum Gasteiger partial charge on any atom is -0.387 e. The van der Waals surface area contributed by atoms with Gasteiger partial charge in [-0.1, -0.05) is 30.7 Å². The molecule has 0 aliphatic carbocycles. The number of amides is 2. The van der Waals surface area contributed by atoms with Crippen molar-refractivity contribution < 1.29 is 14.7 Å². The van der Waals surface area contributed by atoms with Crippen LogP contribution in [0.3, 0.4) is 0 Å². The van der Waals surface area contributed by atoms with Crippen molar-refractivity contribution >= 4 is 11.8 Å². The number of aliphatic hydroxyl groups excluding tert-OH is 1. The molecule has 0 saturated carbocycles. The van der Waals surface area contributed by atoms with Crippen molar-refractivity contribution in [3.8, 4) is 0 Å². The predicted octanol–water partition coefficient (Wildman–Crippen LogP) is 1.73. The summed E-state index contributed by atoms with van der Waals surface area (Å²) >= 11 is 0. The third-order valence-corrected chi connectivity index (χ3v) is 3.62. The van der Waals surface area contributed by atoms with Crippen LogP contribution in [0.15, 0.2) is 18.2 Å². The molecule has 1 aliphatic rings. The van der Waals surface area contributed by atoms with Gasteiger partial charge in [0.05, 0.1) is 12.6 Å². The molecule has 1 aromatic rings. The van der Waals surface area contributed by atoms with Gasteiger partial charge in [0.15, 0.2) is 0 Å². The molecular weight excluding hydrogens is 242 g/mol. The lowest BCUT2D eigenvalue weighted by Crippen LogP contribution is -2.34. The van der Waals surface area contributed by atoms with Crippen molar-refractivity contribution in [3.63, 3.8) is 0 Å². The molecule has 1 saturated heterocycles. The van der Waals surface area contributed by atoms with Crippen LogP contribution in [0.2, 0.25) is 0 Å². The second kappa shape index (κ2) is 5.13. The minimum absolute atomic E-state index is 0.0479. The van der Waals surface area contributed by atoms with Gasteiger partial charge in [-0.25, -0.2) is 0 Å². The summed E-state index contributed by atoms with van der Waals surface area (Å²) in [4.78, 5) is 24.7. The van der Waals surface area contributed by atoms with Crippen molar-refractivity contribution in [2.75, 3.05) is 6.54 Å². The maximum absolute atomic E-state index is 11.8. The van der Waals surface area contributed by atoms with Gasteiger partial charge >= 0.3 is 0 Å². The van der Waals surface area contributed by atoms with Crippen LogP contribution >= 0.6 is 0 Å². The number of likely N-dealkylation sites (tertiary alicyclic amines) is 1. The Morgan fingerprint density at radius 3 is 2.63 bits per heavy atom. The average Bonchev–Trinajstić information content (AvgIpc) is 2.59. The van der Waals surface area contributed by atoms with E-state index in [0.29, 0.717) is 0 Å². The topological polar surface area (TPSA) is 57.6 Å². The number of benzene rings is 1. The van der Waals surface area contributed by atoms with Gasteiger partial charge < -0.3 is 5.11 Å². The Kier molecular flexibility index (Phi) is 3.71. The molecule has 102 valence electrons. The summed E-state index contributed by atoms with van der Waals surface area (Å²) in [6.45, 7) is 5.65. The van der Waals surface area contributed by atoms with Gasteiger partial charge in [-0.05, 0) is 25.0 Å². The van der Waals surface area contributed by atoms with Gasteiger partial charge in [0.25, 0.3) is 0 Å². The molecule has 2 amide bonds. The fourth-order valence-electron chi connectivity index (χ4n) is 2.43. The van der Waals surface area contributed by atoms with Crippen molar-refractivity contribution in [3.05, 3.63) is 34.9 Å². The second-order valence-electron chi connectivity index (χ2n) is 5.32. The highest BCUT2D eigenvalue weighted by molar-refractivity contribution is 6.03. The molecule has 1 fully saturated rings. The third-order valence-electron chi connectivity index (χ3n) is 3.62. The third kappa shape index (κ3) is 2.68. The van der Waals surface area contributed by atoms with E-state index in [0.717, 1.165) is 16.7 Å². The van der Waals surface area contributed by atoms with E-state index in [4.69, 9.17) is 0 Å². The molecule has 0 bridgehead atoms. The molecule has 1 heterocycles. The molecule has 2 unspecified atom stereocenters. The molecule has 19 heavy (non-hydrogen) atoms. The Morgan fingerprint density at radius 2 is 2.05 bits per heavy atom. The Morgan fingerprint density at radius 1 is 1.37 bits per heavy atom. The summed E-state index contributed by atoms with van der Waals surface area (Å²) in [5.41, 5.74) is 2.79. The quantitative estimate of drug-likeness (QED) is 0.843. The molecule has 2 atom stereocenters. The number of carbonyl (C=O) groups is 2. The molecule has 1 aliphatic heterocycles. The molecule has 1 aromatic carbocycles. The van der Waals surface area contributed by atoms with Crippen LogP contribution in [0, 0.1) is 19.8 Å². The van der Waals surface area contributed by atoms with Crippen LogP contribution < -0.4 is 0 Å². The zero-order chi connectivity index (χ0) is 14.2. The van der Waals surface area contributed by atoms with Crippen LogP contribution in [0.4, 0.5) is 0 Å². The van der Waals surface area contributed by atoms with E-state index in [1.807, 2.05) is 32.0 Å². The Bertz CT molecular complexity index is 524. The lowest BCUT2D eigenvalue weighted by atomic mass is 10.0. The van der Waals surface area contributed by atoms with E-state index in [9.17, 15) is 14.7 Å². The number of β-amino-alcohol motifs (C(OH)–C–C–N with tert-alkyl or cyclic N) is 1. The number of aryl methyl sites for hydroxylation is 2. The van der Waals surface area contributed by atoms with Gasteiger partial charge in [-0.15, -0.1) is 0 Å². The number of hydrogen-bond acceptors (Lipinski definition) is 3. The monoisotopic (exact) mass is 261 g/mol. The standard InChI is InChI=1S/C15H19NO3/c1-9-4-5-10(2)12(6-9)13(17)8-16-14(18)7-11(3)15(16)19/h4-6,11,13,17H,7-8H2,1-3H3. The first-order chi connectivity index (χ1) is 8.90. The second-order valence-corrected chi connectivity index (χ2v) is 5.32. The zero-order valence-electron chi connectivity index (χ0n) is 11.5. The first-order valence-corrected chi connectivity index (χ1v) is 6.49. The first kappa shape index (κ1) is 13.7. The molecule has 0 aromatic heterocycles. The van der Waals surface area contributed by atoms with Gasteiger partial charge in [0.1, 0.15) is 0 Å². The summed E-state index contributed by atoms with van der Waals surface area (Å²) in [7, 11) is 0. The fourth-order valence-corrected chi connectivity index (χ4v) is 2.43. The summed E-state index contributed by atoms with van der Waals surface area (Å²) in [5.74, 6) is -0.644. The smallest absolute Gasteiger partial charge is 0.232 e. The van der Waals surface area contributed by atoms with E-state index in [1.54, 1.807) is 6.92 Å². The number of aliphatic hydroxyl groups is 1. The van der Waals surface area contributed by atoms with Crippen molar-refractivity contribution in [2.24, 2.45) is 5.92 Å². The van der Waals surface area contributed by atoms with E-state index in [2.05, 4.69) is 0 Å². The molecule has 2 rings (SSSR count). The molecule has 4 nitrogen and oxygen atoms in total. The van der Waals surface area contributed by atoms with Gasteiger partial charge in [-0.2, -0.15) is 0 Å². The van der Waals surface area contributed by atoms with Crippen molar-refractivity contribution in [1.29, 1.82) is 0 Å². The SMILES string of the molecule is Cc1ccc(C)c(C(O)CN2C(=O)CC(C)C2=O)c1. The van der Waals surface area contributed by atoms with E-state index in [1.165, 1.54) is 4.90 Å². The van der Waals surface area contributed by atoms with E-state index >= 15 is 0 Å². The predicted molar refractivity (Wildman–Crippen MR) is 71.4 cm³/mol. The lowest BCUT2D eigenvalue weighted by molar-refractivity contribution is -0.140. The van der Waals surface area contributed by atoms with Gasteiger partial charge in [0, 0.05) is 12.3 Å². The maximum Gasteiger partial charge on any atom is 0.232 e. The van der Waals surface area contributed by atoms with Crippen LogP contribution in [-0.2, 0) is 9.59 Å². The normalized spacial score (nSPS) is 21.1. The number of rotatable bonds is 3. The highest BCUT2D eigenvalue weighted by atomic mass is 16.3. The molecule has 1 N–H and O–H groups in total. The lowest BCUT2D eigenvalue weighted by Gasteiger charge is -2.20. The van der Waals surface area contributed by atoms with Crippen LogP contribution in [0.25, 0.3) is 0 Å². The zero-order valence-corrected chi connectivity index (χ0v) is 11.5.